The van der Waals surface area contributed by atoms with E-state index in [-0.39, 0.29) is 5.54 Å². The Morgan fingerprint density at radius 1 is 1.28 bits per heavy atom. The minimum absolute atomic E-state index is 0.180. The third-order valence-corrected chi connectivity index (χ3v) is 4.54. The minimum atomic E-state index is -0.180. The first-order chi connectivity index (χ1) is 8.72. The summed E-state index contributed by atoms with van der Waals surface area (Å²) in [4.78, 5) is 4.27. The molecule has 2 unspecified atom stereocenters. The second-order valence-electron chi connectivity index (χ2n) is 5.59. The number of nitrogens with zero attached hydrogens (tertiary/aromatic N) is 1. The maximum Gasteiger partial charge on any atom is 0.0442 e. The average molecular weight is 240 g/mol. The highest BCUT2D eigenvalue weighted by molar-refractivity contribution is 5.85. The largest absolute Gasteiger partial charge is 0.321 e. The van der Waals surface area contributed by atoms with E-state index < -0.39 is 0 Å². The van der Waals surface area contributed by atoms with Crippen LogP contribution >= 0.6 is 0 Å². The lowest BCUT2D eigenvalue weighted by molar-refractivity contribution is 0.208. The van der Waals surface area contributed by atoms with Crippen molar-refractivity contribution in [3.63, 3.8) is 0 Å². The van der Waals surface area contributed by atoms with E-state index >= 15 is 0 Å². The van der Waals surface area contributed by atoms with E-state index in [1.807, 2.05) is 12.4 Å². The highest BCUT2D eigenvalue weighted by atomic mass is 14.8. The van der Waals surface area contributed by atoms with Crippen LogP contribution in [-0.2, 0) is 5.54 Å². The van der Waals surface area contributed by atoms with Crippen LogP contribution < -0.4 is 5.73 Å². The molecule has 1 aliphatic rings. The van der Waals surface area contributed by atoms with E-state index in [0.717, 1.165) is 6.42 Å². The number of pyridine rings is 1. The smallest absolute Gasteiger partial charge is 0.0442 e. The summed E-state index contributed by atoms with van der Waals surface area (Å²) in [5.74, 6) is 0.539. The monoisotopic (exact) mass is 240 g/mol. The molecule has 0 aliphatic heterocycles. The topological polar surface area (TPSA) is 38.9 Å². The third-order valence-electron chi connectivity index (χ3n) is 4.54. The van der Waals surface area contributed by atoms with Gasteiger partial charge in [-0.3, -0.25) is 4.98 Å². The molecule has 0 amide bonds. The molecule has 2 aromatic rings. The molecule has 1 aromatic heterocycles. The van der Waals surface area contributed by atoms with Crippen molar-refractivity contribution < 1.29 is 0 Å². The van der Waals surface area contributed by atoms with Crippen molar-refractivity contribution in [2.45, 2.75) is 38.1 Å². The molecule has 1 saturated carbocycles. The molecule has 2 nitrogen and oxygen atoms in total. The summed E-state index contributed by atoms with van der Waals surface area (Å²) < 4.78 is 0. The summed E-state index contributed by atoms with van der Waals surface area (Å²) in [5, 5.41) is 2.46. The molecule has 0 bridgehead atoms. The van der Waals surface area contributed by atoms with Gasteiger partial charge in [0.2, 0.25) is 0 Å². The van der Waals surface area contributed by atoms with Gasteiger partial charge in [0, 0.05) is 23.3 Å². The molecule has 94 valence electrons. The Kier molecular flexibility index (Phi) is 2.83. The SMILES string of the molecule is CC1CCCCC1(N)c1cccc2ccncc12. The second kappa shape index (κ2) is 4.36. The summed E-state index contributed by atoms with van der Waals surface area (Å²) in [5.41, 5.74) is 7.86. The molecule has 18 heavy (non-hydrogen) atoms. The normalized spacial score (nSPS) is 28.4. The van der Waals surface area contributed by atoms with Crippen molar-refractivity contribution in [2.75, 3.05) is 0 Å². The molecule has 2 atom stereocenters. The molecular formula is C16H20N2. The van der Waals surface area contributed by atoms with E-state index in [1.165, 1.54) is 35.6 Å². The first-order valence-electron chi connectivity index (χ1n) is 6.84. The highest BCUT2D eigenvalue weighted by Crippen LogP contribution is 2.41. The quantitative estimate of drug-likeness (QED) is 0.827. The van der Waals surface area contributed by atoms with Gasteiger partial charge in [0.05, 0.1) is 0 Å². The highest BCUT2D eigenvalue weighted by Gasteiger charge is 2.36. The summed E-state index contributed by atoms with van der Waals surface area (Å²) in [6, 6.07) is 8.51. The number of hydrogen-bond acceptors (Lipinski definition) is 2. The molecule has 0 spiro atoms. The van der Waals surface area contributed by atoms with Crippen LogP contribution in [0.4, 0.5) is 0 Å². The molecule has 1 aromatic carbocycles. The van der Waals surface area contributed by atoms with Crippen molar-refractivity contribution in [1.29, 1.82) is 0 Å². The van der Waals surface area contributed by atoms with Gasteiger partial charge >= 0.3 is 0 Å². The third kappa shape index (κ3) is 1.72. The second-order valence-corrected chi connectivity index (χ2v) is 5.59. The summed E-state index contributed by atoms with van der Waals surface area (Å²) in [6.45, 7) is 2.29. The van der Waals surface area contributed by atoms with Crippen LogP contribution in [0.25, 0.3) is 10.8 Å². The van der Waals surface area contributed by atoms with Crippen molar-refractivity contribution in [1.82, 2.24) is 4.98 Å². The lowest BCUT2D eigenvalue weighted by atomic mass is 9.69. The number of rotatable bonds is 1. The van der Waals surface area contributed by atoms with Crippen LogP contribution in [0, 0.1) is 5.92 Å². The van der Waals surface area contributed by atoms with Crippen LogP contribution in [0.3, 0.4) is 0 Å². The fourth-order valence-electron chi connectivity index (χ4n) is 3.29. The van der Waals surface area contributed by atoms with Crippen LogP contribution in [0.1, 0.15) is 38.2 Å². The van der Waals surface area contributed by atoms with E-state index in [9.17, 15) is 0 Å². The zero-order valence-corrected chi connectivity index (χ0v) is 10.9. The van der Waals surface area contributed by atoms with Crippen molar-refractivity contribution in [2.24, 2.45) is 11.7 Å². The Balaban J connectivity index is 2.19. The van der Waals surface area contributed by atoms with Gasteiger partial charge in [-0.05, 0) is 35.8 Å². The van der Waals surface area contributed by atoms with Gasteiger partial charge in [0.1, 0.15) is 0 Å². The molecule has 3 rings (SSSR count). The Morgan fingerprint density at radius 3 is 3.00 bits per heavy atom. The van der Waals surface area contributed by atoms with Gasteiger partial charge in [-0.2, -0.15) is 0 Å². The molecule has 1 heterocycles. The number of nitrogens with two attached hydrogens (primary N) is 1. The zero-order chi connectivity index (χ0) is 12.6. The molecule has 1 fully saturated rings. The van der Waals surface area contributed by atoms with Crippen LogP contribution in [0.15, 0.2) is 36.7 Å². The van der Waals surface area contributed by atoms with Crippen LogP contribution in [-0.4, -0.2) is 4.98 Å². The van der Waals surface area contributed by atoms with Gasteiger partial charge in [0.15, 0.2) is 0 Å². The zero-order valence-electron chi connectivity index (χ0n) is 10.9. The number of hydrogen-bond donors (Lipinski definition) is 1. The summed E-state index contributed by atoms with van der Waals surface area (Å²) >= 11 is 0. The predicted molar refractivity (Wildman–Crippen MR) is 75.2 cm³/mol. The van der Waals surface area contributed by atoms with Crippen molar-refractivity contribution >= 4 is 10.8 Å². The molecule has 2 heteroatoms. The van der Waals surface area contributed by atoms with Crippen molar-refractivity contribution in [3.8, 4) is 0 Å². The lowest BCUT2D eigenvalue weighted by Crippen LogP contribution is -2.45. The van der Waals surface area contributed by atoms with Gasteiger partial charge in [-0.15, -0.1) is 0 Å². The Morgan fingerprint density at radius 2 is 2.17 bits per heavy atom. The van der Waals surface area contributed by atoms with E-state index in [2.05, 4.69) is 36.2 Å². The molecule has 1 aliphatic carbocycles. The summed E-state index contributed by atoms with van der Waals surface area (Å²) in [6.07, 6.45) is 8.66. The van der Waals surface area contributed by atoms with E-state index in [0.29, 0.717) is 5.92 Å². The van der Waals surface area contributed by atoms with E-state index in [4.69, 9.17) is 5.73 Å². The lowest BCUT2D eigenvalue weighted by Gasteiger charge is -2.40. The molecular weight excluding hydrogens is 220 g/mol. The van der Waals surface area contributed by atoms with Crippen LogP contribution in [0.5, 0.6) is 0 Å². The fourth-order valence-corrected chi connectivity index (χ4v) is 3.29. The number of benzene rings is 1. The summed E-state index contributed by atoms with van der Waals surface area (Å²) in [7, 11) is 0. The Labute approximate surface area is 108 Å². The fraction of sp³-hybridized carbons (Fsp3) is 0.438. The molecule has 0 radical (unpaired) electrons. The minimum Gasteiger partial charge on any atom is -0.321 e. The Bertz CT molecular complexity index is 559. The van der Waals surface area contributed by atoms with Crippen LogP contribution in [0.2, 0.25) is 0 Å². The Hall–Kier alpha value is -1.41. The van der Waals surface area contributed by atoms with E-state index in [1.54, 1.807) is 0 Å². The number of aromatic nitrogens is 1. The van der Waals surface area contributed by atoms with Gasteiger partial charge in [-0.1, -0.05) is 38.0 Å². The molecule has 2 N–H and O–H groups in total. The maximum atomic E-state index is 6.76. The van der Waals surface area contributed by atoms with Crippen molar-refractivity contribution in [3.05, 3.63) is 42.2 Å². The first-order valence-corrected chi connectivity index (χ1v) is 6.84. The van der Waals surface area contributed by atoms with Gasteiger partial charge in [0.25, 0.3) is 0 Å². The predicted octanol–water partition coefficient (Wildman–Crippen LogP) is 3.60. The average Bonchev–Trinajstić information content (AvgIpc) is 2.41. The molecule has 0 saturated heterocycles. The standard InChI is InChI=1S/C16H20N2/c1-12-5-2-3-9-16(12,17)15-7-4-6-13-8-10-18-11-14(13)15/h4,6-8,10-12H,2-3,5,9,17H2,1H3. The number of fused-ring (bicyclic) bond motifs is 1. The van der Waals surface area contributed by atoms with Gasteiger partial charge in [-0.25, -0.2) is 0 Å². The van der Waals surface area contributed by atoms with Gasteiger partial charge < -0.3 is 5.73 Å². The first kappa shape index (κ1) is 11.7. The maximum absolute atomic E-state index is 6.76.